The number of nitrogens with zero attached hydrogens (tertiary/aromatic N) is 2. The van der Waals surface area contributed by atoms with Gasteiger partial charge in [0, 0.05) is 24.4 Å². The van der Waals surface area contributed by atoms with E-state index in [0.29, 0.717) is 27.8 Å². The highest BCUT2D eigenvalue weighted by atomic mass is 19.4. The number of amides is 1. The van der Waals surface area contributed by atoms with Crippen LogP contribution in [0, 0.1) is 0 Å². The van der Waals surface area contributed by atoms with Gasteiger partial charge in [0.25, 0.3) is 0 Å². The molecule has 0 radical (unpaired) electrons. The van der Waals surface area contributed by atoms with Gasteiger partial charge in [-0.25, -0.2) is 4.98 Å². The van der Waals surface area contributed by atoms with Crippen molar-refractivity contribution in [1.29, 1.82) is 0 Å². The van der Waals surface area contributed by atoms with Crippen molar-refractivity contribution < 1.29 is 22.4 Å². The van der Waals surface area contributed by atoms with Crippen LogP contribution in [-0.2, 0) is 4.79 Å². The highest BCUT2D eigenvalue weighted by Gasteiger charge is 2.41. The molecule has 1 heterocycles. The second-order valence-corrected chi connectivity index (χ2v) is 6.31. The number of rotatable bonds is 3. The summed E-state index contributed by atoms with van der Waals surface area (Å²) in [7, 11) is 1.07. The minimum absolute atomic E-state index is 0.0812. The van der Waals surface area contributed by atoms with E-state index < -0.39 is 12.1 Å². The summed E-state index contributed by atoms with van der Waals surface area (Å²) >= 11 is 0. The van der Waals surface area contributed by atoms with E-state index in [9.17, 15) is 18.0 Å². The van der Waals surface area contributed by atoms with Gasteiger partial charge in [0.1, 0.15) is 5.52 Å². The molecule has 0 saturated heterocycles. The van der Waals surface area contributed by atoms with Crippen molar-refractivity contribution >= 4 is 22.7 Å². The average Bonchev–Trinajstić information content (AvgIpc) is 3.02. The summed E-state index contributed by atoms with van der Waals surface area (Å²) in [6.07, 6.45) is -4.94. The van der Waals surface area contributed by atoms with E-state index in [2.05, 4.69) is 18.8 Å². The number of hydrogen-bond donors (Lipinski definition) is 0. The molecule has 0 fully saturated rings. The summed E-state index contributed by atoms with van der Waals surface area (Å²) in [6, 6.07) is 12.0. The molecule has 0 spiro atoms. The first kappa shape index (κ1) is 18.0. The number of hydrogen-bond acceptors (Lipinski definition) is 3. The lowest BCUT2D eigenvalue weighted by Gasteiger charge is -2.18. The summed E-state index contributed by atoms with van der Waals surface area (Å²) in [6.45, 7) is 4.18. The van der Waals surface area contributed by atoms with Crippen molar-refractivity contribution in [2.45, 2.75) is 25.9 Å². The molecule has 3 rings (SSSR count). The van der Waals surface area contributed by atoms with Gasteiger partial charge in [-0.3, -0.25) is 4.79 Å². The quantitative estimate of drug-likeness (QED) is 0.648. The van der Waals surface area contributed by atoms with Gasteiger partial charge in [0.15, 0.2) is 5.58 Å². The summed E-state index contributed by atoms with van der Waals surface area (Å²) < 4.78 is 43.4. The van der Waals surface area contributed by atoms with Crippen LogP contribution in [0.25, 0.3) is 22.6 Å². The highest BCUT2D eigenvalue weighted by Crippen LogP contribution is 2.29. The van der Waals surface area contributed by atoms with Gasteiger partial charge >= 0.3 is 12.1 Å². The Balaban J connectivity index is 1.93. The monoisotopic (exact) mass is 362 g/mol. The molecule has 1 amide bonds. The number of oxazole rings is 1. The van der Waals surface area contributed by atoms with E-state index in [0.717, 1.165) is 12.6 Å². The number of aromatic nitrogens is 1. The van der Waals surface area contributed by atoms with Crippen molar-refractivity contribution in [2.75, 3.05) is 11.9 Å². The van der Waals surface area contributed by atoms with Crippen LogP contribution in [0.15, 0.2) is 46.9 Å². The molecule has 2 aromatic carbocycles. The molecule has 26 heavy (non-hydrogen) atoms. The number of anilines is 1. The van der Waals surface area contributed by atoms with Crippen LogP contribution in [0.5, 0.6) is 0 Å². The first-order valence-electron chi connectivity index (χ1n) is 8.02. The second-order valence-electron chi connectivity index (χ2n) is 6.31. The molecule has 7 heteroatoms. The van der Waals surface area contributed by atoms with Gasteiger partial charge in [-0.05, 0) is 35.7 Å². The van der Waals surface area contributed by atoms with Crippen molar-refractivity contribution in [3.8, 4) is 11.5 Å². The number of halogens is 3. The van der Waals surface area contributed by atoms with Gasteiger partial charge in [-0.2, -0.15) is 13.2 Å². The summed E-state index contributed by atoms with van der Waals surface area (Å²) in [5.74, 6) is -1.17. The molecule has 0 N–H and O–H groups in total. The molecule has 0 bridgehead atoms. The third kappa shape index (κ3) is 3.42. The average molecular weight is 362 g/mol. The normalized spacial score (nSPS) is 12.0. The minimum atomic E-state index is -4.94. The van der Waals surface area contributed by atoms with E-state index in [1.54, 1.807) is 0 Å². The number of benzene rings is 2. The molecule has 0 saturated carbocycles. The van der Waals surface area contributed by atoms with Gasteiger partial charge in [0.2, 0.25) is 5.89 Å². The van der Waals surface area contributed by atoms with Crippen LogP contribution < -0.4 is 4.90 Å². The highest BCUT2D eigenvalue weighted by molar-refractivity contribution is 5.98. The molecule has 0 aliphatic rings. The van der Waals surface area contributed by atoms with Crippen molar-refractivity contribution in [2.24, 2.45) is 0 Å². The van der Waals surface area contributed by atoms with E-state index in [4.69, 9.17) is 4.42 Å². The fourth-order valence-electron chi connectivity index (χ4n) is 2.56. The van der Waals surface area contributed by atoms with Gasteiger partial charge < -0.3 is 9.32 Å². The van der Waals surface area contributed by atoms with Crippen LogP contribution in [0.1, 0.15) is 25.3 Å². The van der Waals surface area contributed by atoms with Crippen LogP contribution in [0.2, 0.25) is 0 Å². The topological polar surface area (TPSA) is 46.3 Å². The van der Waals surface area contributed by atoms with E-state index in [1.165, 1.54) is 23.8 Å². The van der Waals surface area contributed by atoms with Gasteiger partial charge in [0.05, 0.1) is 0 Å². The fraction of sp³-hybridized carbons (Fsp3) is 0.263. The molecule has 1 aromatic heterocycles. The zero-order valence-corrected chi connectivity index (χ0v) is 14.5. The lowest BCUT2D eigenvalue weighted by atomic mass is 10.0. The van der Waals surface area contributed by atoms with Crippen LogP contribution in [0.3, 0.4) is 0 Å². The molecule has 0 atom stereocenters. The Morgan fingerprint density at radius 2 is 1.77 bits per heavy atom. The van der Waals surface area contributed by atoms with Crippen molar-refractivity contribution in [3.05, 3.63) is 48.0 Å². The maximum Gasteiger partial charge on any atom is 0.471 e. The van der Waals surface area contributed by atoms with Gasteiger partial charge in [-0.15, -0.1) is 0 Å². The molecule has 136 valence electrons. The first-order chi connectivity index (χ1) is 12.2. The molecule has 4 nitrogen and oxygen atoms in total. The second kappa shape index (κ2) is 6.48. The lowest BCUT2D eigenvalue weighted by molar-refractivity contribution is -0.170. The van der Waals surface area contributed by atoms with Crippen LogP contribution >= 0.6 is 0 Å². The fourth-order valence-corrected chi connectivity index (χ4v) is 2.56. The predicted octanol–water partition coefficient (Wildman–Crippen LogP) is 5.14. The number of alkyl halides is 3. The molecule has 3 aromatic rings. The summed E-state index contributed by atoms with van der Waals surface area (Å²) in [4.78, 5) is 16.3. The minimum Gasteiger partial charge on any atom is -0.436 e. The zero-order valence-electron chi connectivity index (χ0n) is 14.5. The Labute approximate surface area is 148 Å². The van der Waals surface area contributed by atoms with E-state index in [1.807, 2.05) is 24.3 Å². The predicted molar refractivity (Wildman–Crippen MR) is 93.0 cm³/mol. The molecular weight excluding hydrogens is 345 g/mol. The summed E-state index contributed by atoms with van der Waals surface area (Å²) in [5.41, 5.74) is 2.85. The molecule has 0 aliphatic carbocycles. The zero-order chi connectivity index (χ0) is 19.1. The lowest BCUT2D eigenvalue weighted by Crippen LogP contribution is -2.38. The number of carbonyl (C=O) groups excluding carboxylic acids is 1. The van der Waals surface area contributed by atoms with Crippen LogP contribution in [0.4, 0.5) is 18.9 Å². The third-order valence-electron chi connectivity index (χ3n) is 4.13. The maximum absolute atomic E-state index is 12.6. The Kier molecular flexibility index (Phi) is 4.48. The smallest absolute Gasteiger partial charge is 0.436 e. The Hall–Kier alpha value is -2.83. The Morgan fingerprint density at radius 3 is 2.35 bits per heavy atom. The van der Waals surface area contributed by atoms with Crippen LogP contribution in [-0.4, -0.2) is 24.1 Å². The number of carbonyl (C=O) groups is 1. The van der Waals surface area contributed by atoms with Crippen molar-refractivity contribution in [1.82, 2.24) is 4.98 Å². The number of fused-ring (bicyclic) bond motifs is 1. The molecule has 0 aliphatic heterocycles. The standard InChI is InChI=1S/C19H17F3N2O2/c1-11(2)12-4-6-13(7-5-12)17-23-15-9-8-14(10-16(15)26-17)24(3)18(25)19(20,21)22/h4-11H,1-3H3. The Bertz CT molecular complexity index is 944. The first-order valence-corrected chi connectivity index (χ1v) is 8.02. The Morgan fingerprint density at radius 1 is 1.12 bits per heavy atom. The largest absolute Gasteiger partial charge is 0.471 e. The molecular formula is C19H17F3N2O2. The maximum atomic E-state index is 12.6. The summed E-state index contributed by atoms with van der Waals surface area (Å²) in [5, 5.41) is 0. The SMILES string of the molecule is CC(C)c1ccc(-c2nc3ccc(N(C)C(=O)C(F)(F)F)cc3o2)cc1. The van der Waals surface area contributed by atoms with E-state index >= 15 is 0 Å². The third-order valence-corrected chi connectivity index (χ3v) is 4.13. The molecule has 0 unspecified atom stereocenters. The van der Waals surface area contributed by atoms with Crippen molar-refractivity contribution in [3.63, 3.8) is 0 Å². The van der Waals surface area contributed by atoms with E-state index in [-0.39, 0.29) is 5.69 Å². The van der Waals surface area contributed by atoms with Gasteiger partial charge in [-0.1, -0.05) is 26.0 Å².